The van der Waals surface area contributed by atoms with Gasteiger partial charge in [-0.25, -0.2) is 0 Å². The minimum Gasteiger partial charge on any atom is -0.393 e. The highest BCUT2D eigenvalue weighted by Gasteiger charge is 2.50. The van der Waals surface area contributed by atoms with E-state index < -0.39 is 0 Å². The van der Waals surface area contributed by atoms with E-state index in [4.69, 9.17) is 4.74 Å². The first-order valence-electron chi connectivity index (χ1n) is 7.11. The van der Waals surface area contributed by atoms with Gasteiger partial charge in [0.1, 0.15) is 0 Å². The molecule has 3 atom stereocenters. The number of benzene rings is 1. The third kappa shape index (κ3) is 2.92. The van der Waals surface area contributed by atoms with Crippen molar-refractivity contribution in [3.8, 4) is 0 Å². The molecule has 2 rings (SSSR count). The molecule has 0 aromatic heterocycles. The summed E-state index contributed by atoms with van der Waals surface area (Å²) in [5.74, 6) is -1.19. The van der Waals surface area contributed by atoms with E-state index in [0.29, 0.717) is 6.42 Å². The molecule has 0 radical (unpaired) electrons. The summed E-state index contributed by atoms with van der Waals surface area (Å²) < 4.78 is 4.87. The molecule has 3 nitrogen and oxygen atoms in total. The van der Waals surface area contributed by atoms with Gasteiger partial charge in [-0.1, -0.05) is 58.0 Å². The van der Waals surface area contributed by atoms with Gasteiger partial charge in [-0.05, 0) is 23.3 Å². The van der Waals surface area contributed by atoms with Crippen LogP contribution in [-0.2, 0) is 14.3 Å². The zero-order chi connectivity index (χ0) is 14.9. The Morgan fingerprint density at radius 2 is 1.70 bits per heavy atom. The van der Waals surface area contributed by atoms with Gasteiger partial charge >= 0.3 is 11.9 Å². The van der Waals surface area contributed by atoms with Crippen LogP contribution in [0.4, 0.5) is 0 Å². The maximum absolute atomic E-state index is 12.0. The minimum absolute atomic E-state index is 0.226. The largest absolute Gasteiger partial charge is 0.393 e. The van der Waals surface area contributed by atoms with Crippen LogP contribution < -0.4 is 0 Å². The second-order valence-corrected chi connectivity index (χ2v) is 6.74. The molecule has 0 amide bonds. The van der Waals surface area contributed by atoms with Gasteiger partial charge in [-0.2, -0.15) is 0 Å². The molecule has 1 heterocycles. The molecule has 1 aliphatic heterocycles. The van der Waals surface area contributed by atoms with Gasteiger partial charge in [-0.15, -0.1) is 0 Å². The average molecular weight is 274 g/mol. The number of cyclic esters (lactones) is 2. The lowest BCUT2D eigenvalue weighted by atomic mass is 9.71. The first-order valence-corrected chi connectivity index (χ1v) is 7.11. The fraction of sp³-hybridized carbons (Fsp3) is 0.529. The molecule has 108 valence electrons. The molecule has 1 aromatic carbocycles. The summed E-state index contributed by atoms with van der Waals surface area (Å²) in [5.41, 5.74) is 0.928. The number of carbonyl (C=O) groups is 2. The summed E-state index contributed by atoms with van der Waals surface area (Å²) in [6.45, 7) is 8.04. The van der Waals surface area contributed by atoms with E-state index in [-0.39, 0.29) is 35.1 Å². The Kier molecular flexibility index (Phi) is 3.98. The van der Waals surface area contributed by atoms with E-state index in [0.717, 1.165) is 0 Å². The molecule has 0 spiro atoms. The number of rotatable bonds is 3. The van der Waals surface area contributed by atoms with Gasteiger partial charge in [0.25, 0.3) is 0 Å². The molecule has 3 heteroatoms. The predicted octanol–water partition coefficient (Wildman–Crippen LogP) is 3.54. The smallest absolute Gasteiger partial charge is 0.318 e. The minimum atomic E-state index is -0.368. The first kappa shape index (κ1) is 14.8. The maximum Gasteiger partial charge on any atom is 0.318 e. The number of carbonyl (C=O) groups excluding carboxylic acids is 2. The van der Waals surface area contributed by atoms with Crippen LogP contribution in [0.1, 0.15) is 45.6 Å². The number of ether oxygens (including phenoxy) is 1. The normalized spacial score (nSPS) is 24.6. The van der Waals surface area contributed by atoms with Gasteiger partial charge in [0, 0.05) is 0 Å². The highest BCUT2D eigenvalue weighted by atomic mass is 16.6. The van der Waals surface area contributed by atoms with Gasteiger partial charge in [0.15, 0.2) is 0 Å². The van der Waals surface area contributed by atoms with Crippen molar-refractivity contribution in [3.05, 3.63) is 35.9 Å². The fourth-order valence-electron chi connectivity index (χ4n) is 3.03. The molecule has 1 aromatic rings. The second kappa shape index (κ2) is 5.39. The van der Waals surface area contributed by atoms with E-state index in [1.807, 2.05) is 39.0 Å². The van der Waals surface area contributed by atoms with Crippen LogP contribution in [0.5, 0.6) is 0 Å². The molecule has 1 fully saturated rings. The van der Waals surface area contributed by atoms with Crippen molar-refractivity contribution in [3.63, 3.8) is 0 Å². The third-order valence-electron chi connectivity index (χ3n) is 4.07. The molecule has 0 aliphatic carbocycles. The van der Waals surface area contributed by atoms with Crippen LogP contribution in [-0.4, -0.2) is 11.9 Å². The number of hydrogen-bond acceptors (Lipinski definition) is 3. The number of hydrogen-bond donors (Lipinski definition) is 0. The molecule has 0 saturated carbocycles. The topological polar surface area (TPSA) is 43.4 Å². The Hall–Kier alpha value is -1.64. The summed E-state index contributed by atoms with van der Waals surface area (Å²) in [7, 11) is 0. The SMILES string of the molecule is CC(CC1C(=O)OC(=O)C1C(C)(C)C)c1ccccc1. The Labute approximate surface area is 120 Å². The summed E-state index contributed by atoms with van der Waals surface area (Å²) in [6, 6.07) is 10.1. The Morgan fingerprint density at radius 3 is 2.25 bits per heavy atom. The molecule has 20 heavy (non-hydrogen) atoms. The van der Waals surface area contributed by atoms with Gasteiger partial charge < -0.3 is 4.74 Å². The molecule has 0 N–H and O–H groups in total. The van der Waals surface area contributed by atoms with Crippen LogP contribution in [0.3, 0.4) is 0 Å². The lowest BCUT2D eigenvalue weighted by molar-refractivity contribution is -0.154. The highest BCUT2D eigenvalue weighted by Crippen LogP contribution is 2.42. The zero-order valence-corrected chi connectivity index (χ0v) is 12.6. The summed E-state index contributed by atoms with van der Waals surface area (Å²) >= 11 is 0. The average Bonchev–Trinajstić information content (AvgIpc) is 2.64. The van der Waals surface area contributed by atoms with Crippen molar-refractivity contribution >= 4 is 11.9 Å². The van der Waals surface area contributed by atoms with Crippen molar-refractivity contribution < 1.29 is 14.3 Å². The first-order chi connectivity index (χ1) is 9.30. The van der Waals surface area contributed by atoms with E-state index in [9.17, 15) is 9.59 Å². The van der Waals surface area contributed by atoms with Crippen LogP contribution in [0.15, 0.2) is 30.3 Å². The number of esters is 2. The molecule has 1 saturated heterocycles. The molecule has 0 bridgehead atoms. The predicted molar refractivity (Wildman–Crippen MR) is 77.0 cm³/mol. The van der Waals surface area contributed by atoms with Crippen LogP contribution in [0.2, 0.25) is 0 Å². The van der Waals surface area contributed by atoms with E-state index >= 15 is 0 Å². The van der Waals surface area contributed by atoms with Gasteiger partial charge in [0.2, 0.25) is 0 Å². The van der Waals surface area contributed by atoms with Crippen molar-refractivity contribution in [1.82, 2.24) is 0 Å². The summed E-state index contributed by atoms with van der Waals surface area (Å²) in [4.78, 5) is 23.9. The van der Waals surface area contributed by atoms with Crippen molar-refractivity contribution in [1.29, 1.82) is 0 Å². The summed E-state index contributed by atoms with van der Waals surface area (Å²) in [5, 5.41) is 0. The van der Waals surface area contributed by atoms with Crippen LogP contribution in [0.25, 0.3) is 0 Å². The molecule has 3 unspecified atom stereocenters. The zero-order valence-electron chi connectivity index (χ0n) is 12.6. The quantitative estimate of drug-likeness (QED) is 0.625. The molecule has 1 aliphatic rings. The van der Waals surface area contributed by atoms with Crippen LogP contribution in [0, 0.1) is 17.3 Å². The Balaban J connectivity index is 2.18. The standard InChI is InChI=1S/C17H22O3/c1-11(12-8-6-5-7-9-12)10-13-14(17(2,3)4)16(19)20-15(13)18/h5-9,11,13-14H,10H2,1-4H3. The molecular weight excluding hydrogens is 252 g/mol. The second-order valence-electron chi connectivity index (χ2n) is 6.74. The Bertz CT molecular complexity index is 499. The Morgan fingerprint density at radius 1 is 1.10 bits per heavy atom. The van der Waals surface area contributed by atoms with E-state index in [2.05, 4.69) is 19.1 Å². The van der Waals surface area contributed by atoms with Gasteiger partial charge in [-0.3, -0.25) is 9.59 Å². The lowest BCUT2D eigenvalue weighted by Crippen LogP contribution is -2.31. The van der Waals surface area contributed by atoms with E-state index in [1.54, 1.807) is 0 Å². The maximum atomic E-state index is 12.0. The van der Waals surface area contributed by atoms with Crippen molar-refractivity contribution in [2.24, 2.45) is 17.3 Å². The van der Waals surface area contributed by atoms with E-state index in [1.165, 1.54) is 5.56 Å². The van der Waals surface area contributed by atoms with Gasteiger partial charge in [0.05, 0.1) is 11.8 Å². The van der Waals surface area contributed by atoms with Crippen molar-refractivity contribution in [2.75, 3.05) is 0 Å². The monoisotopic (exact) mass is 274 g/mol. The third-order valence-corrected chi connectivity index (χ3v) is 4.07. The molecular formula is C17H22O3. The fourth-order valence-corrected chi connectivity index (χ4v) is 3.03. The van der Waals surface area contributed by atoms with Crippen LogP contribution >= 0.6 is 0 Å². The highest BCUT2D eigenvalue weighted by molar-refractivity contribution is 5.96. The van der Waals surface area contributed by atoms with Crippen molar-refractivity contribution in [2.45, 2.75) is 40.0 Å². The summed E-state index contributed by atoms with van der Waals surface area (Å²) in [6.07, 6.45) is 0.649. The lowest BCUT2D eigenvalue weighted by Gasteiger charge is -2.28.